The van der Waals surface area contributed by atoms with Crippen molar-refractivity contribution < 1.29 is 4.52 Å². The van der Waals surface area contributed by atoms with E-state index in [1.54, 1.807) is 0 Å². The Labute approximate surface area is 152 Å². The Morgan fingerprint density at radius 3 is 2.38 bits per heavy atom. The van der Waals surface area contributed by atoms with E-state index >= 15 is 0 Å². The molecule has 1 aromatic carbocycles. The Morgan fingerprint density at radius 1 is 0.923 bits per heavy atom. The summed E-state index contributed by atoms with van der Waals surface area (Å²) in [6.45, 7) is 6.07. The molecule has 3 heterocycles. The van der Waals surface area contributed by atoms with Crippen molar-refractivity contribution in [3.05, 3.63) is 47.9 Å². The first kappa shape index (κ1) is 16.4. The molecule has 0 radical (unpaired) electrons. The van der Waals surface area contributed by atoms with E-state index in [2.05, 4.69) is 54.9 Å². The highest BCUT2D eigenvalue weighted by Gasteiger charge is 2.12. The van der Waals surface area contributed by atoms with Crippen LogP contribution in [0.5, 0.6) is 0 Å². The van der Waals surface area contributed by atoms with Crippen LogP contribution in [0.2, 0.25) is 0 Å². The summed E-state index contributed by atoms with van der Waals surface area (Å²) in [6, 6.07) is 12.1. The zero-order chi connectivity index (χ0) is 17.9. The first-order valence-electron chi connectivity index (χ1n) is 8.84. The number of aromatic nitrogens is 3. The summed E-state index contributed by atoms with van der Waals surface area (Å²) in [5, 5.41) is 10.3. The van der Waals surface area contributed by atoms with Crippen molar-refractivity contribution in [1.82, 2.24) is 15.1 Å². The van der Waals surface area contributed by atoms with Crippen LogP contribution in [0.25, 0.3) is 0 Å². The van der Waals surface area contributed by atoms with Crippen LogP contribution in [-0.4, -0.2) is 28.2 Å². The zero-order valence-electron chi connectivity index (χ0n) is 15.0. The number of hydrogen-bond donors (Lipinski definition) is 2. The number of anilines is 5. The summed E-state index contributed by atoms with van der Waals surface area (Å²) < 4.78 is 5.07. The molecule has 0 spiro atoms. The fourth-order valence-corrected chi connectivity index (χ4v) is 3.11. The van der Waals surface area contributed by atoms with Crippen molar-refractivity contribution >= 4 is 29.0 Å². The van der Waals surface area contributed by atoms with Gasteiger partial charge in [-0.2, -0.15) is 4.98 Å². The third kappa shape index (κ3) is 3.77. The molecule has 2 aromatic heterocycles. The van der Waals surface area contributed by atoms with Gasteiger partial charge in [0.25, 0.3) is 0 Å². The van der Waals surface area contributed by atoms with Gasteiger partial charge in [-0.25, -0.2) is 4.98 Å². The molecule has 1 aliphatic heterocycles. The van der Waals surface area contributed by atoms with E-state index in [4.69, 9.17) is 4.52 Å². The van der Waals surface area contributed by atoms with Gasteiger partial charge in [0.05, 0.1) is 0 Å². The summed E-state index contributed by atoms with van der Waals surface area (Å²) >= 11 is 0. The molecule has 0 aliphatic carbocycles. The van der Waals surface area contributed by atoms with Crippen molar-refractivity contribution in [2.24, 2.45) is 0 Å². The molecule has 0 bridgehead atoms. The molecule has 1 fully saturated rings. The average molecular weight is 350 g/mol. The summed E-state index contributed by atoms with van der Waals surface area (Å²) in [4.78, 5) is 11.4. The summed E-state index contributed by atoms with van der Waals surface area (Å²) in [5.41, 5.74) is 3.09. The first-order chi connectivity index (χ1) is 12.7. The van der Waals surface area contributed by atoms with Crippen LogP contribution < -0.4 is 15.5 Å². The maximum absolute atomic E-state index is 5.07. The second-order valence-corrected chi connectivity index (χ2v) is 6.53. The lowest BCUT2D eigenvalue weighted by Gasteiger charge is -2.17. The molecule has 1 saturated heterocycles. The van der Waals surface area contributed by atoms with Gasteiger partial charge in [0.2, 0.25) is 5.95 Å². The number of aryl methyl sites for hydroxylation is 2. The minimum atomic E-state index is 0.543. The smallest absolute Gasteiger partial charge is 0.229 e. The monoisotopic (exact) mass is 350 g/mol. The van der Waals surface area contributed by atoms with E-state index in [0.29, 0.717) is 17.6 Å². The van der Waals surface area contributed by atoms with Gasteiger partial charge >= 0.3 is 0 Å². The molecular weight excluding hydrogens is 328 g/mol. The van der Waals surface area contributed by atoms with E-state index in [0.717, 1.165) is 30.2 Å². The minimum absolute atomic E-state index is 0.543. The lowest BCUT2D eigenvalue weighted by Crippen LogP contribution is -2.17. The van der Waals surface area contributed by atoms with Gasteiger partial charge < -0.3 is 20.1 Å². The molecule has 4 rings (SSSR count). The van der Waals surface area contributed by atoms with E-state index in [9.17, 15) is 0 Å². The Morgan fingerprint density at radius 2 is 1.69 bits per heavy atom. The van der Waals surface area contributed by atoms with Gasteiger partial charge in [-0.05, 0) is 51.0 Å². The molecule has 7 nitrogen and oxygen atoms in total. The SMILES string of the molecule is Cc1cc(Nc2cc(C)on2)nc(Nc2ccc(N3CCCC3)cc2)n1. The fourth-order valence-electron chi connectivity index (χ4n) is 3.11. The van der Waals surface area contributed by atoms with Crippen molar-refractivity contribution in [3.8, 4) is 0 Å². The third-order valence-electron chi connectivity index (χ3n) is 4.33. The molecule has 0 atom stereocenters. The molecular formula is C19H22N6O. The van der Waals surface area contributed by atoms with Crippen LogP contribution in [0.15, 0.2) is 40.9 Å². The van der Waals surface area contributed by atoms with E-state index < -0.39 is 0 Å². The molecule has 2 N–H and O–H groups in total. The molecule has 134 valence electrons. The van der Waals surface area contributed by atoms with Crippen LogP contribution in [0.1, 0.15) is 24.3 Å². The maximum Gasteiger partial charge on any atom is 0.229 e. The standard InChI is InChI=1S/C19H22N6O/c1-13-11-17(22-18-12-14(2)26-24-18)23-19(20-13)21-15-5-7-16(8-6-15)25-9-3-4-10-25/h5-8,11-12H,3-4,9-10H2,1-2H3,(H2,20,21,22,23,24). The van der Waals surface area contributed by atoms with Crippen LogP contribution in [-0.2, 0) is 0 Å². The van der Waals surface area contributed by atoms with Crippen LogP contribution >= 0.6 is 0 Å². The van der Waals surface area contributed by atoms with E-state index in [1.807, 2.05) is 26.0 Å². The summed E-state index contributed by atoms with van der Waals surface area (Å²) in [5.74, 6) is 2.58. The number of rotatable bonds is 5. The van der Waals surface area contributed by atoms with E-state index in [-0.39, 0.29) is 0 Å². The lowest BCUT2D eigenvalue weighted by molar-refractivity contribution is 0.400. The molecule has 0 unspecified atom stereocenters. The summed E-state index contributed by atoms with van der Waals surface area (Å²) in [7, 11) is 0. The Kier molecular flexibility index (Phi) is 4.43. The molecule has 0 saturated carbocycles. The van der Waals surface area contributed by atoms with Gasteiger partial charge in [-0.3, -0.25) is 0 Å². The molecule has 7 heteroatoms. The van der Waals surface area contributed by atoms with Crippen molar-refractivity contribution in [1.29, 1.82) is 0 Å². The first-order valence-corrected chi connectivity index (χ1v) is 8.84. The Bertz CT molecular complexity index is 883. The van der Waals surface area contributed by atoms with Crippen LogP contribution in [0, 0.1) is 13.8 Å². The maximum atomic E-state index is 5.07. The highest BCUT2D eigenvalue weighted by atomic mass is 16.5. The predicted octanol–water partition coefficient (Wildman–Crippen LogP) is 4.17. The van der Waals surface area contributed by atoms with Gasteiger partial charge in [-0.1, -0.05) is 5.16 Å². The third-order valence-corrected chi connectivity index (χ3v) is 4.33. The normalized spacial score (nSPS) is 13.8. The van der Waals surface area contributed by atoms with Crippen LogP contribution in [0.4, 0.5) is 29.0 Å². The van der Waals surface area contributed by atoms with Crippen molar-refractivity contribution in [2.45, 2.75) is 26.7 Å². The van der Waals surface area contributed by atoms with Crippen molar-refractivity contribution in [3.63, 3.8) is 0 Å². The summed E-state index contributed by atoms with van der Waals surface area (Å²) in [6.07, 6.45) is 2.55. The second kappa shape index (κ2) is 7.03. The molecule has 0 amide bonds. The van der Waals surface area contributed by atoms with Crippen LogP contribution in [0.3, 0.4) is 0 Å². The molecule has 26 heavy (non-hydrogen) atoms. The fraction of sp³-hybridized carbons (Fsp3) is 0.316. The molecule has 1 aliphatic rings. The predicted molar refractivity (Wildman–Crippen MR) is 102 cm³/mol. The highest BCUT2D eigenvalue weighted by Crippen LogP contribution is 2.24. The minimum Gasteiger partial charge on any atom is -0.372 e. The second-order valence-electron chi connectivity index (χ2n) is 6.53. The topological polar surface area (TPSA) is 79.1 Å². The van der Waals surface area contributed by atoms with Gasteiger partial charge in [0.15, 0.2) is 5.82 Å². The highest BCUT2D eigenvalue weighted by molar-refractivity contribution is 5.61. The quantitative estimate of drug-likeness (QED) is 0.715. The number of nitrogens with zero attached hydrogens (tertiary/aromatic N) is 4. The van der Waals surface area contributed by atoms with Gasteiger partial charge in [0.1, 0.15) is 11.6 Å². The number of benzene rings is 1. The number of hydrogen-bond acceptors (Lipinski definition) is 7. The number of nitrogens with one attached hydrogen (secondary N) is 2. The average Bonchev–Trinajstić information content (AvgIpc) is 3.27. The Hall–Kier alpha value is -3.09. The van der Waals surface area contributed by atoms with Gasteiger partial charge in [-0.15, -0.1) is 0 Å². The van der Waals surface area contributed by atoms with Gasteiger partial charge in [0, 0.05) is 42.3 Å². The van der Waals surface area contributed by atoms with E-state index in [1.165, 1.54) is 18.5 Å². The Balaban J connectivity index is 1.48. The molecule has 3 aromatic rings. The lowest BCUT2D eigenvalue weighted by atomic mass is 10.2. The van der Waals surface area contributed by atoms with Crippen molar-refractivity contribution in [2.75, 3.05) is 28.6 Å². The largest absolute Gasteiger partial charge is 0.372 e. The zero-order valence-corrected chi connectivity index (χ0v) is 15.0.